The number of benzene rings is 2. The molecule has 0 aliphatic heterocycles. The summed E-state index contributed by atoms with van der Waals surface area (Å²) in [6.07, 6.45) is 0. The van der Waals surface area contributed by atoms with E-state index in [1.165, 1.54) is 29.5 Å². The highest BCUT2D eigenvalue weighted by Gasteiger charge is 2.14. The Morgan fingerprint density at radius 1 is 1.17 bits per heavy atom. The molecule has 3 aromatic rings. The van der Waals surface area contributed by atoms with E-state index in [1.54, 1.807) is 17.6 Å². The smallest absolute Gasteiger partial charge is 0.326 e. The van der Waals surface area contributed by atoms with Crippen LogP contribution in [0.5, 0.6) is 5.75 Å². The van der Waals surface area contributed by atoms with Crippen molar-refractivity contribution in [3.05, 3.63) is 58.1 Å². The molecule has 29 heavy (non-hydrogen) atoms. The lowest BCUT2D eigenvalue weighted by Crippen LogP contribution is -2.24. The number of amides is 1. The molecule has 1 aromatic heterocycles. The Bertz CT molecular complexity index is 1130. The zero-order chi connectivity index (χ0) is 21.0. The van der Waals surface area contributed by atoms with Crippen molar-refractivity contribution in [3.8, 4) is 5.75 Å². The van der Waals surface area contributed by atoms with Crippen LogP contribution >= 0.6 is 11.3 Å². The number of rotatable bonds is 6. The summed E-state index contributed by atoms with van der Waals surface area (Å²) in [5.41, 5.74) is 2.96. The van der Waals surface area contributed by atoms with Crippen LogP contribution in [0.3, 0.4) is 0 Å². The molecule has 1 heterocycles. The third-order valence-electron chi connectivity index (χ3n) is 4.30. The molecular weight excluding hydrogens is 395 g/mol. The van der Waals surface area contributed by atoms with Gasteiger partial charge in [-0.1, -0.05) is 23.5 Å². The summed E-state index contributed by atoms with van der Waals surface area (Å²) in [6.45, 7) is 5.50. The molecule has 0 saturated heterocycles. The topological polar surface area (TPSA) is 69.9 Å². The van der Waals surface area contributed by atoms with Crippen molar-refractivity contribution in [2.75, 3.05) is 13.2 Å². The minimum atomic E-state index is -0.578. The summed E-state index contributed by atoms with van der Waals surface area (Å²) in [4.78, 5) is 28.9. The molecule has 0 aliphatic carbocycles. The molecule has 0 spiro atoms. The number of hydrogen-bond donors (Lipinski definition) is 0. The predicted molar refractivity (Wildman–Crippen MR) is 108 cm³/mol. The van der Waals surface area contributed by atoms with Gasteiger partial charge in [0.15, 0.2) is 23.0 Å². The van der Waals surface area contributed by atoms with Crippen molar-refractivity contribution in [2.24, 2.45) is 4.99 Å². The van der Waals surface area contributed by atoms with Crippen molar-refractivity contribution in [2.45, 2.75) is 27.3 Å². The first-order valence-electron chi connectivity index (χ1n) is 9.10. The summed E-state index contributed by atoms with van der Waals surface area (Å²) in [7, 11) is 0. The Kier molecular flexibility index (Phi) is 6.43. The van der Waals surface area contributed by atoms with Crippen molar-refractivity contribution in [1.82, 2.24) is 4.57 Å². The molecule has 0 atom stereocenters. The maximum absolute atomic E-state index is 13.6. The summed E-state index contributed by atoms with van der Waals surface area (Å²) in [6, 6.07) is 9.80. The van der Waals surface area contributed by atoms with Crippen molar-refractivity contribution in [1.29, 1.82) is 0 Å². The van der Waals surface area contributed by atoms with E-state index in [-0.39, 0.29) is 18.9 Å². The van der Waals surface area contributed by atoms with Crippen molar-refractivity contribution < 1.29 is 23.5 Å². The van der Waals surface area contributed by atoms with Gasteiger partial charge >= 0.3 is 5.97 Å². The van der Waals surface area contributed by atoms with Gasteiger partial charge in [0.2, 0.25) is 0 Å². The average molecular weight is 416 g/mol. The Morgan fingerprint density at radius 2 is 1.90 bits per heavy atom. The van der Waals surface area contributed by atoms with Crippen LogP contribution in [-0.4, -0.2) is 29.7 Å². The maximum atomic E-state index is 13.6. The zero-order valence-electron chi connectivity index (χ0n) is 16.4. The molecule has 0 saturated carbocycles. The van der Waals surface area contributed by atoms with Crippen LogP contribution in [0.4, 0.5) is 4.39 Å². The molecule has 0 N–H and O–H groups in total. The first-order valence-corrected chi connectivity index (χ1v) is 9.91. The number of halogens is 1. The normalized spacial score (nSPS) is 11.7. The number of hydrogen-bond acceptors (Lipinski definition) is 5. The van der Waals surface area contributed by atoms with E-state index >= 15 is 0 Å². The van der Waals surface area contributed by atoms with Gasteiger partial charge in [0.25, 0.3) is 5.91 Å². The maximum Gasteiger partial charge on any atom is 0.326 e. The molecule has 0 bridgehead atoms. The number of aryl methyl sites for hydroxylation is 2. The SMILES string of the molecule is CCOC(=O)Cn1c(=NC(=O)COc2ccccc2F)sc2cc(C)c(C)cc21. The molecule has 0 unspecified atom stereocenters. The van der Waals surface area contributed by atoms with Crippen LogP contribution in [0.2, 0.25) is 0 Å². The van der Waals surface area contributed by atoms with E-state index in [2.05, 4.69) is 4.99 Å². The number of carbonyl (C=O) groups excluding carboxylic acids is 2. The fraction of sp³-hybridized carbons (Fsp3) is 0.286. The second-order valence-electron chi connectivity index (χ2n) is 6.40. The largest absolute Gasteiger partial charge is 0.481 e. The van der Waals surface area contributed by atoms with Crippen LogP contribution in [0.15, 0.2) is 41.4 Å². The number of aromatic nitrogens is 1. The molecular formula is C21H21FN2O4S. The molecule has 152 valence electrons. The molecule has 3 rings (SSSR count). The molecule has 8 heteroatoms. The number of carbonyl (C=O) groups is 2. The van der Waals surface area contributed by atoms with Gasteiger partial charge in [-0.15, -0.1) is 0 Å². The number of ether oxygens (including phenoxy) is 2. The minimum absolute atomic E-state index is 0.0157. The summed E-state index contributed by atoms with van der Waals surface area (Å²) >= 11 is 1.30. The lowest BCUT2D eigenvalue weighted by molar-refractivity contribution is -0.143. The number of fused-ring (bicyclic) bond motifs is 1. The minimum Gasteiger partial charge on any atom is -0.481 e. The Morgan fingerprint density at radius 3 is 2.62 bits per heavy atom. The van der Waals surface area contributed by atoms with E-state index in [1.807, 2.05) is 26.0 Å². The van der Waals surface area contributed by atoms with Crippen LogP contribution < -0.4 is 9.54 Å². The monoisotopic (exact) mass is 416 g/mol. The van der Waals surface area contributed by atoms with Gasteiger partial charge in [-0.3, -0.25) is 9.59 Å². The second kappa shape index (κ2) is 9.00. The molecule has 0 aliphatic rings. The van der Waals surface area contributed by atoms with Crippen LogP contribution in [-0.2, 0) is 20.9 Å². The Labute approximate surface area is 171 Å². The second-order valence-corrected chi connectivity index (χ2v) is 7.41. The summed E-state index contributed by atoms with van der Waals surface area (Å²) < 4.78 is 26.5. The molecule has 0 fully saturated rings. The van der Waals surface area contributed by atoms with Gasteiger partial charge in [-0.2, -0.15) is 4.99 Å². The molecule has 0 radical (unpaired) electrons. The highest BCUT2D eigenvalue weighted by atomic mass is 32.1. The van der Waals surface area contributed by atoms with E-state index < -0.39 is 24.3 Å². The zero-order valence-corrected chi connectivity index (χ0v) is 17.2. The fourth-order valence-corrected chi connectivity index (χ4v) is 3.86. The predicted octanol–water partition coefficient (Wildman–Crippen LogP) is 3.53. The van der Waals surface area contributed by atoms with Gasteiger partial charge in [-0.05, 0) is 56.2 Å². The Hall–Kier alpha value is -3.00. The highest BCUT2D eigenvalue weighted by Crippen LogP contribution is 2.22. The Balaban J connectivity index is 1.94. The lowest BCUT2D eigenvalue weighted by Gasteiger charge is -2.07. The highest BCUT2D eigenvalue weighted by molar-refractivity contribution is 7.16. The summed E-state index contributed by atoms with van der Waals surface area (Å²) in [5, 5.41) is 0. The van der Waals surface area contributed by atoms with Gasteiger partial charge in [0, 0.05) is 0 Å². The first-order chi connectivity index (χ1) is 13.9. The van der Waals surface area contributed by atoms with E-state index in [0.29, 0.717) is 4.80 Å². The van der Waals surface area contributed by atoms with Crippen LogP contribution in [0.25, 0.3) is 10.2 Å². The van der Waals surface area contributed by atoms with Crippen molar-refractivity contribution in [3.63, 3.8) is 0 Å². The quantitative estimate of drug-likeness (QED) is 0.577. The van der Waals surface area contributed by atoms with Crippen LogP contribution in [0.1, 0.15) is 18.1 Å². The van der Waals surface area contributed by atoms with Gasteiger partial charge < -0.3 is 14.0 Å². The molecule has 2 aromatic carbocycles. The number of para-hydroxylation sites is 1. The number of nitrogens with zero attached hydrogens (tertiary/aromatic N) is 2. The van der Waals surface area contributed by atoms with E-state index in [4.69, 9.17) is 9.47 Å². The van der Waals surface area contributed by atoms with Gasteiger partial charge in [0.1, 0.15) is 6.54 Å². The average Bonchev–Trinajstić information content (AvgIpc) is 2.98. The van der Waals surface area contributed by atoms with E-state index in [0.717, 1.165) is 21.3 Å². The van der Waals surface area contributed by atoms with E-state index in [9.17, 15) is 14.0 Å². The molecule has 6 nitrogen and oxygen atoms in total. The number of esters is 1. The summed E-state index contributed by atoms with van der Waals surface area (Å²) in [5.74, 6) is -1.56. The van der Waals surface area contributed by atoms with Crippen molar-refractivity contribution >= 4 is 33.4 Å². The standard InChI is InChI=1S/C21H21FN2O4S/c1-4-27-20(26)11-24-16-9-13(2)14(3)10-18(16)29-21(24)23-19(25)12-28-17-8-6-5-7-15(17)22/h5-10H,4,11-12H2,1-3H3. The third-order valence-corrected chi connectivity index (χ3v) is 5.34. The number of thiazole rings is 1. The fourth-order valence-electron chi connectivity index (χ4n) is 2.74. The first kappa shape index (κ1) is 20.7. The lowest BCUT2D eigenvalue weighted by atomic mass is 10.1. The molecule has 1 amide bonds. The van der Waals surface area contributed by atoms with Gasteiger partial charge in [-0.25, -0.2) is 4.39 Å². The van der Waals surface area contributed by atoms with Gasteiger partial charge in [0.05, 0.1) is 16.8 Å². The third kappa shape index (κ3) is 4.89. The van der Waals surface area contributed by atoms with Crippen LogP contribution in [0, 0.1) is 19.7 Å².